The fraction of sp³-hybridized carbons (Fsp3) is 0.824. The van der Waals surface area contributed by atoms with Crippen molar-refractivity contribution in [3.63, 3.8) is 0 Å². The number of aliphatic hydroxyl groups excluding tert-OH is 8. The molecule has 2 rings (SSSR count). The van der Waals surface area contributed by atoms with Gasteiger partial charge in [0.2, 0.25) is 5.91 Å². The Balaban J connectivity index is 1.69. The number of hydrogen-bond acceptors (Lipinski definition) is 13. The fourth-order valence-electron chi connectivity index (χ4n) is 11.6. The molecule has 0 aromatic heterocycles. The monoisotopic (exact) mass is 1240 g/mol. The van der Waals surface area contributed by atoms with Crippen LogP contribution in [-0.4, -0.2) is 140 Å². The molecule has 9 N–H and O–H groups in total. The van der Waals surface area contributed by atoms with Crippen LogP contribution in [0.1, 0.15) is 296 Å². The first-order valence-corrected chi connectivity index (χ1v) is 36.2. The highest BCUT2D eigenvalue weighted by atomic mass is 16.7. The van der Waals surface area contributed by atoms with Crippen molar-refractivity contribution in [1.82, 2.24) is 5.32 Å². The van der Waals surface area contributed by atoms with E-state index in [0.717, 1.165) is 77.0 Å². The second-order valence-corrected chi connectivity index (χ2v) is 25.3. The molecule has 512 valence electrons. The van der Waals surface area contributed by atoms with E-state index < -0.39 is 86.8 Å². The Kier molecular flexibility index (Phi) is 54.0. The van der Waals surface area contributed by atoms with Crippen LogP contribution < -0.4 is 5.32 Å². The van der Waals surface area contributed by atoms with Gasteiger partial charge >= 0.3 is 0 Å². The normalized spacial score (nSPS) is 23.6. The van der Waals surface area contributed by atoms with E-state index in [4.69, 9.17) is 18.9 Å². The largest absolute Gasteiger partial charge is 0.394 e. The van der Waals surface area contributed by atoms with Crippen LogP contribution in [0.3, 0.4) is 0 Å². The molecular weight excluding hydrogens is 1110 g/mol. The van der Waals surface area contributed by atoms with Gasteiger partial charge in [0.1, 0.15) is 48.8 Å². The van der Waals surface area contributed by atoms with Crippen LogP contribution in [0.25, 0.3) is 0 Å². The van der Waals surface area contributed by atoms with Gasteiger partial charge in [0, 0.05) is 6.42 Å². The summed E-state index contributed by atoms with van der Waals surface area (Å²) in [5.74, 6) is -0.265. The van der Waals surface area contributed by atoms with Gasteiger partial charge in [-0.1, -0.05) is 279 Å². The zero-order valence-electron chi connectivity index (χ0n) is 55.7. The molecular formula is C74H133NO13. The summed E-state index contributed by atoms with van der Waals surface area (Å²) in [5, 5.41) is 87.4. The molecule has 0 aromatic carbocycles. The third kappa shape index (κ3) is 41.8. The lowest BCUT2D eigenvalue weighted by molar-refractivity contribution is -0.359. The summed E-state index contributed by atoms with van der Waals surface area (Å²) in [5.41, 5.74) is 0. The van der Waals surface area contributed by atoms with Crippen molar-refractivity contribution in [2.24, 2.45) is 0 Å². The molecule has 0 radical (unpaired) electrons. The molecule has 0 aliphatic carbocycles. The van der Waals surface area contributed by atoms with Crippen molar-refractivity contribution < 1.29 is 64.6 Å². The van der Waals surface area contributed by atoms with Crippen molar-refractivity contribution in [2.45, 2.75) is 370 Å². The van der Waals surface area contributed by atoms with Crippen LogP contribution >= 0.6 is 0 Å². The Morgan fingerprint density at radius 2 is 0.761 bits per heavy atom. The van der Waals surface area contributed by atoms with Gasteiger partial charge in [-0.3, -0.25) is 4.79 Å². The van der Waals surface area contributed by atoms with Gasteiger partial charge in [0.25, 0.3) is 0 Å². The number of aliphatic hydroxyl groups is 8. The van der Waals surface area contributed by atoms with E-state index in [1.54, 1.807) is 6.08 Å². The number of amides is 1. The molecule has 12 unspecified atom stereocenters. The quantitative estimate of drug-likeness (QED) is 0.0204. The number of hydrogen-bond donors (Lipinski definition) is 9. The molecule has 2 aliphatic rings. The van der Waals surface area contributed by atoms with Gasteiger partial charge in [-0.2, -0.15) is 0 Å². The van der Waals surface area contributed by atoms with Crippen LogP contribution in [-0.2, 0) is 23.7 Å². The maximum atomic E-state index is 13.3. The first kappa shape index (κ1) is 81.5. The lowest BCUT2D eigenvalue weighted by atomic mass is 9.97. The van der Waals surface area contributed by atoms with Crippen LogP contribution in [0.2, 0.25) is 0 Å². The number of allylic oxidation sites excluding steroid dienone is 11. The average molecular weight is 1240 g/mol. The molecule has 0 saturated carbocycles. The first-order chi connectivity index (χ1) is 43.1. The van der Waals surface area contributed by atoms with Crippen LogP contribution in [0.5, 0.6) is 0 Å². The summed E-state index contributed by atoms with van der Waals surface area (Å²) < 4.78 is 22.8. The van der Waals surface area contributed by atoms with Gasteiger partial charge in [-0.05, 0) is 83.5 Å². The lowest BCUT2D eigenvalue weighted by Gasteiger charge is -2.46. The third-order valence-corrected chi connectivity index (χ3v) is 17.3. The molecule has 14 heteroatoms. The SMILES string of the molecule is CCCCCCC/C=C\C/C=C\C/C=C\CCCCCCCCC(=O)NC(COC1OC(CO)C(OC2OC(CO)C(O)C(O)C2O)C(O)C1O)C(O)/C=C/CC/C=C/CC/C=C/CCCCCCCCCCCCCCCCCCCCCCCCC. The highest BCUT2D eigenvalue weighted by Crippen LogP contribution is 2.30. The Bertz CT molecular complexity index is 1750. The molecule has 12 atom stereocenters. The van der Waals surface area contributed by atoms with Crippen molar-refractivity contribution in [1.29, 1.82) is 0 Å². The minimum absolute atomic E-state index is 0.253. The summed E-state index contributed by atoms with van der Waals surface area (Å²) in [6.07, 6.45) is 62.6. The maximum Gasteiger partial charge on any atom is 0.220 e. The van der Waals surface area contributed by atoms with Crippen molar-refractivity contribution >= 4 is 5.91 Å². The van der Waals surface area contributed by atoms with Gasteiger partial charge in [0.15, 0.2) is 12.6 Å². The number of unbranched alkanes of at least 4 members (excludes halogenated alkanes) is 36. The Morgan fingerprint density at radius 3 is 1.19 bits per heavy atom. The van der Waals surface area contributed by atoms with E-state index in [2.05, 4.69) is 79.9 Å². The molecule has 0 spiro atoms. The zero-order valence-corrected chi connectivity index (χ0v) is 55.7. The van der Waals surface area contributed by atoms with Crippen LogP contribution in [0.4, 0.5) is 0 Å². The lowest BCUT2D eigenvalue weighted by Crippen LogP contribution is -2.65. The summed E-state index contributed by atoms with van der Waals surface area (Å²) in [6.45, 7) is 2.78. The van der Waals surface area contributed by atoms with E-state index in [1.165, 1.54) is 186 Å². The van der Waals surface area contributed by atoms with E-state index in [0.29, 0.717) is 12.8 Å². The molecule has 1 amide bonds. The average Bonchev–Trinajstić information content (AvgIpc) is 2.01. The van der Waals surface area contributed by atoms with Gasteiger partial charge in [-0.15, -0.1) is 0 Å². The van der Waals surface area contributed by atoms with Crippen molar-refractivity contribution in [3.8, 4) is 0 Å². The maximum absolute atomic E-state index is 13.3. The van der Waals surface area contributed by atoms with E-state index in [1.807, 2.05) is 6.08 Å². The number of rotatable bonds is 59. The molecule has 2 heterocycles. The number of ether oxygens (including phenoxy) is 4. The predicted molar refractivity (Wildman–Crippen MR) is 360 cm³/mol. The minimum atomic E-state index is -1.80. The molecule has 0 bridgehead atoms. The van der Waals surface area contributed by atoms with Gasteiger partial charge in [-0.25, -0.2) is 0 Å². The number of carbonyl (C=O) groups excluding carboxylic acids is 1. The Labute approximate surface area is 536 Å². The number of carbonyl (C=O) groups is 1. The van der Waals surface area contributed by atoms with Crippen molar-refractivity contribution in [2.75, 3.05) is 19.8 Å². The van der Waals surface area contributed by atoms with Crippen LogP contribution in [0.15, 0.2) is 72.9 Å². The molecule has 2 fully saturated rings. The first-order valence-electron chi connectivity index (χ1n) is 36.2. The zero-order chi connectivity index (χ0) is 63.8. The highest BCUT2D eigenvalue weighted by molar-refractivity contribution is 5.76. The molecule has 0 aromatic rings. The summed E-state index contributed by atoms with van der Waals surface area (Å²) in [4.78, 5) is 13.3. The topological polar surface area (TPSA) is 228 Å². The van der Waals surface area contributed by atoms with Crippen molar-refractivity contribution in [3.05, 3.63) is 72.9 Å². The van der Waals surface area contributed by atoms with E-state index >= 15 is 0 Å². The Morgan fingerprint density at radius 1 is 0.409 bits per heavy atom. The molecule has 14 nitrogen and oxygen atoms in total. The second kappa shape index (κ2) is 58.3. The highest BCUT2D eigenvalue weighted by Gasteiger charge is 2.51. The molecule has 2 saturated heterocycles. The Hall–Kier alpha value is -2.57. The standard InChI is InChI=1S/C74H133NO13/c1-3-5-7-9-11-13-15-17-19-21-23-25-26-27-28-29-30-31-32-33-34-35-36-38-39-41-43-45-47-49-51-53-55-57-63(78)62(61-85-73-71(84)69(82)72(65(60-77)87-73)88-74-70(83)68(81)67(80)64(59-76)86-74)75-66(79)58-56-54-52-50-48-46-44-42-40-37-24-22-20-18-16-14-12-10-8-6-4-2/h16,18,22,24,39-42,47,49,55,57,62-65,67-74,76-78,80-84H,3-15,17,19-21,23,25-38,43-46,48,50-54,56,58-61H2,1-2H3,(H,75,79)/b18-16-,24-22-,41-39+,42-40-,49-47+,57-55+. The van der Waals surface area contributed by atoms with Gasteiger partial charge in [0.05, 0.1) is 32.0 Å². The fourth-order valence-corrected chi connectivity index (χ4v) is 11.6. The van der Waals surface area contributed by atoms with Gasteiger partial charge < -0.3 is 65.1 Å². The smallest absolute Gasteiger partial charge is 0.220 e. The summed E-state index contributed by atoms with van der Waals surface area (Å²) >= 11 is 0. The third-order valence-electron chi connectivity index (χ3n) is 17.3. The summed E-state index contributed by atoms with van der Waals surface area (Å²) in [6, 6.07) is -0.951. The van der Waals surface area contributed by atoms with E-state index in [-0.39, 0.29) is 18.9 Å². The molecule has 88 heavy (non-hydrogen) atoms. The molecule has 2 aliphatic heterocycles. The minimum Gasteiger partial charge on any atom is -0.394 e. The summed E-state index contributed by atoms with van der Waals surface area (Å²) in [7, 11) is 0. The second-order valence-electron chi connectivity index (χ2n) is 25.3. The predicted octanol–water partition coefficient (Wildman–Crippen LogP) is 15.0. The van der Waals surface area contributed by atoms with E-state index in [9.17, 15) is 45.6 Å². The van der Waals surface area contributed by atoms with Crippen LogP contribution in [0, 0.1) is 0 Å². The number of nitrogens with one attached hydrogen (secondary N) is 1.